The highest BCUT2D eigenvalue weighted by Crippen LogP contribution is 2.35. The van der Waals surface area contributed by atoms with Gasteiger partial charge in [-0.15, -0.1) is 6.58 Å². The molecule has 0 unspecified atom stereocenters. The predicted octanol–water partition coefficient (Wildman–Crippen LogP) is 4.95. The highest BCUT2D eigenvalue weighted by Gasteiger charge is 2.27. The van der Waals surface area contributed by atoms with Crippen LogP contribution in [0.4, 0.5) is 0 Å². The average molecular weight is 391 g/mol. The quantitative estimate of drug-likeness (QED) is 0.345. The van der Waals surface area contributed by atoms with Gasteiger partial charge in [0.1, 0.15) is 5.71 Å². The van der Waals surface area contributed by atoms with E-state index in [-0.39, 0.29) is 0 Å². The minimum Gasteiger partial charge on any atom is -0.490 e. The number of hydrogen-bond acceptors (Lipinski definition) is 5. The molecule has 0 aliphatic carbocycles. The van der Waals surface area contributed by atoms with Crippen LogP contribution in [0.5, 0.6) is 11.5 Å². The van der Waals surface area contributed by atoms with Gasteiger partial charge in [-0.2, -0.15) is 0 Å². The summed E-state index contributed by atoms with van der Waals surface area (Å²) in [7, 11) is 0. The van der Waals surface area contributed by atoms with Gasteiger partial charge in [-0.25, -0.2) is 4.79 Å². The molecule has 0 fully saturated rings. The number of allylic oxidation sites excluding steroid dienone is 1. The second kappa shape index (κ2) is 9.73. The topological polar surface area (TPSA) is 57.1 Å². The monoisotopic (exact) mass is 391 g/mol. The molecule has 1 heterocycles. The summed E-state index contributed by atoms with van der Waals surface area (Å²) in [4.78, 5) is 17.3. The molecule has 0 N–H and O–H groups in total. The van der Waals surface area contributed by atoms with E-state index in [1.807, 2.05) is 55.5 Å². The van der Waals surface area contributed by atoms with Crippen molar-refractivity contribution in [1.82, 2.24) is 0 Å². The predicted molar refractivity (Wildman–Crippen MR) is 114 cm³/mol. The van der Waals surface area contributed by atoms with Gasteiger partial charge in [-0.3, -0.25) is 0 Å². The lowest BCUT2D eigenvalue weighted by molar-refractivity contribution is -0.136. The highest BCUT2D eigenvalue weighted by molar-refractivity contribution is 6.31. The molecule has 29 heavy (non-hydrogen) atoms. The minimum absolute atomic E-state index is 0.408. The maximum atomic E-state index is 12.3. The van der Waals surface area contributed by atoms with E-state index >= 15 is 0 Å². The second-order valence-electron chi connectivity index (χ2n) is 6.52. The first-order chi connectivity index (χ1) is 14.2. The van der Waals surface area contributed by atoms with Crippen LogP contribution in [0.2, 0.25) is 0 Å². The van der Waals surface area contributed by atoms with Crippen molar-refractivity contribution in [3.8, 4) is 11.5 Å². The third kappa shape index (κ3) is 4.74. The molecule has 0 atom stereocenters. The normalized spacial score (nSPS) is 14.5. The maximum absolute atomic E-state index is 12.3. The molecule has 5 heteroatoms. The van der Waals surface area contributed by atoms with Gasteiger partial charge in [0, 0.05) is 11.1 Å². The first kappa shape index (κ1) is 20.4. The zero-order valence-corrected chi connectivity index (χ0v) is 16.8. The van der Waals surface area contributed by atoms with E-state index in [0.717, 1.165) is 28.9 Å². The average Bonchev–Trinajstić information content (AvgIpc) is 3.09. The molecular weight excluding hydrogens is 366 g/mol. The molecule has 0 bridgehead atoms. The van der Waals surface area contributed by atoms with E-state index in [1.165, 1.54) is 0 Å². The Bertz CT molecular complexity index is 945. The van der Waals surface area contributed by atoms with E-state index in [4.69, 9.17) is 14.3 Å². The first-order valence-electron chi connectivity index (χ1n) is 9.78. The van der Waals surface area contributed by atoms with Crippen LogP contribution < -0.4 is 9.47 Å². The fourth-order valence-electron chi connectivity index (χ4n) is 3.08. The number of ether oxygens (including phenoxy) is 2. The number of hydrogen-bond donors (Lipinski definition) is 0. The van der Waals surface area contributed by atoms with Crippen molar-refractivity contribution in [3.05, 3.63) is 77.4 Å². The molecule has 0 spiro atoms. The van der Waals surface area contributed by atoms with Crippen molar-refractivity contribution < 1.29 is 19.1 Å². The molecule has 150 valence electrons. The van der Waals surface area contributed by atoms with Crippen LogP contribution in [0, 0.1) is 0 Å². The number of nitrogens with zero attached hydrogens (tertiary/aromatic N) is 1. The van der Waals surface area contributed by atoms with Crippen molar-refractivity contribution in [1.29, 1.82) is 0 Å². The molecular formula is C24H25NO4. The van der Waals surface area contributed by atoms with Crippen LogP contribution in [0.3, 0.4) is 0 Å². The summed E-state index contributed by atoms with van der Waals surface area (Å²) >= 11 is 0. The van der Waals surface area contributed by atoms with Gasteiger partial charge < -0.3 is 14.3 Å². The molecule has 0 amide bonds. The largest absolute Gasteiger partial charge is 0.490 e. The highest BCUT2D eigenvalue weighted by atomic mass is 16.7. The minimum atomic E-state index is -0.474. The Hall–Kier alpha value is -3.34. The molecule has 5 nitrogen and oxygen atoms in total. The Morgan fingerprint density at radius 2 is 1.93 bits per heavy atom. The summed E-state index contributed by atoms with van der Waals surface area (Å²) in [6.45, 7) is 8.94. The Morgan fingerprint density at radius 3 is 2.62 bits per heavy atom. The first-order valence-corrected chi connectivity index (χ1v) is 9.78. The summed E-state index contributed by atoms with van der Waals surface area (Å²) < 4.78 is 11.8. The van der Waals surface area contributed by atoms with E-state index in [2.05, 4.69) is 18.7 Å². The summed E-state index contributed by atoms with van der Waals surface area (Å²) in [6, 6.07) is 13.4. The summed E-state index contributed by atoms with van der Waals surface area (Å²) in [6.07, 6.45) is 5.12. The molecule has 1 aliphatic heterocycles. The molecule has 3 rings (SSSR count). The smallest absolute Gasteiger partial charge is 0.368 e. The molecule has 0 saturated carbocycles. The van der Waals surface area contributed by atoms with Crippen LogP contribution in [-0.4, -0.2) is 24.9 Å². The third-order valence-electron chi connectivity index (χ3n) is 4.32. The summed E-state index contributed by atoms with van der Waals surface area (Å²) in [5.74, 6) is 0.900. The number of carbonyl (C=O) groups is 1. The second-order valence-corrected chi connectivity index (χ2v) is 6.52. The molecule has 0 saturated heterocycles. The fourth-order valence-corrected chi connectivity index (χ4v) is 3.08. The summed E-state index contributed by atoms with van der Waals surface area (Å²) in [5.41, 5.74) is 3.52. The standard InChI is InChI=1S/C24H25NO4/c1-4-10-19-14-17(16-21(27-6-3)23(19)28-13-5-2)15-20-22(25-29-24(20)26)18-11-8-7-9-12-18/h4,7-9,11-12,14-16H,1,5-6,10,13H2,2-3H3/b20-15-. The lowest BCUT2D eigenvalue weighted by Crippen LogP contribution is -2.07. The van der Waals surface area contributed by atoms with E-state index in [9.17, 15) is 4.79 Å². The van der Waals surface area contributed by atoms with E-state index in [0.29, 0.717) is 36.7 Å². The molecule has 1 aliphatic rings. The molecule has 0 radical (unpaired) electrons. The SMILES string of the molecule is C=CCc1cc(/C=C2\C(=O)ON=C2c2ccccc2)cc(OCC)c1OCCC. The van der Waals surface area contributed by atoms with Crippen LogP contribution in [0.1, 0.15) is 37.0 Å². The van der Waals surface area contributed by atoms with Gasteiger partial charge in [0.15, 0.2) is 11.5 Å². The number of rotatable bonds is 9. The third-order valence-corrected chi connectivity index (χ3v) is 4.32. The van der Waals surface area contributed by atoms with Crippen molar-refractivity contribution >= 4 is 17.8 Å². The van der Waals surface area contributed by atoms with Gasteiger partial charge >= 0.3 is 5.97 Å². The van der Waals surface area contributed by atoms with Crippen molar-refractivity contribution in [3.63, 3.8) is 0 Å². The maximum Gasteiger partial charge on any atom is 0.368 e. The Balaban J connectivity index is 2.06. The van der Waals surface area contributed by atoms with Gasteiger partial charge in [0.05, 0.1) is 18.8 Å². The number of benzene rings is 2. The van der Waals surface area contributed by atoms with Gasteiger partial charge in [0.25, 0.3) is 0 Å². The van der Waals surface area contributed by atoms with Crippen LogP contribution in [-0.2, 0) is 16.1 Å². The Morgan fingerprint density at radius 1 is 1.14 bits per heavy atom. The van der Waals surface area contributed by atoms with E-state index < -0.39 is 5.97 Å². The number of carbonyl (C=O) groups excluding carboxylic acids is 1. The van der Waals surface area contributed by atoms with Crippen LogP contribution in [0.25, 0.3) is 6.08 Å². The van der Waals surface area contributed by atoms with Gasteiger partial charge in [0.2, 0.25) is 0 Å². The lowest BCUT2D eigenvalue weighted by atomic mass is 9.99. The molecule has 2 aromatic carbocycles. The van der Waals surface area contributed by atoms with Crippen LogP contribution >= 0.6 is 0 Å². The van der Waals surface area contributed by atoms with Crippen molar-refractivity contribution in [2.24, 2.45) is 5.16 Å². The van der Waals surface area contributed by atoms with Crippen molar-refractivity contribution in [2.75, 3.05) is 13.2 Å². The number of oxime groups is 1. The van der Waals surface area contributed by atoms with Crippen LogP contribution in [0.15, 0.2) is 65.8 Å². The zero-order chi connectivity index (χ0) is 20.6. The lowest BCUT2D eigenvalue weighted by Gasteiger charge is -2.16. The Kier molecular flexibility index (Phi) is 6.85. The zero-order valence-electron chi connectivity index (χ0n) is 16.8. The fraction of sp³-hybridized carbons (Fsp3) is 0.250. The van der Waals surface area contributed by atoms with E-state index in [1.54, 1.807) is 6.08 Å². The Labute approximate surface area is 171 Å². The van der Waals surface area contributed by atoms with Gasteiger partial charge in [-0.1, -0.05) is 48.5 Å². The molecule has 2 aromatic rings. The van der Waals surface area contributed by atoms with Crippen molar-refractivity contribution in [2.45, 2.75) is 26.7 Å². The summed E-state index contributed by atoms with van der Waals surface area (Å²) in [5, 5.41) is 3.97. The van der Waals surface area contributed by atoms with Gasteiger partial charge in [-0.05, 0) is 43.5 Å². The molecule has 0 aromatic heterocycles.